The monoisotopic (exact) mass is 391 g/mol. The fourth-order valence-electron chi connectivity index (χ4n) is 2.05. The van der Waals surface area contributed by atoms with Gasteiger partial charge in [-0.3, -0.25) is 14.4 Å². The minimum absolute atomic E-state index is 0.0161. The van der Waals surface area contributed by atoms with Gasteiger partial charge in [0.15, 0.2) is 12.4 Å². The number of ether oxygens (including phenoxy) is 1. The van der Waals surface area contributed by atoms with E-state index in [-0.39, 0.29) is 31.1 Å². The molecule has 0 saturated heterocycles. The number of esters is 1. The Morgan fingerprint density at radius 2 is 1.85 bits per heavy atom. The van der Waals surface area contributed by atoms with E-state index >= 15 is 0 Å². The number of benzene rings is 1. The van der Waals surface area contributed by atoms with Crippen LogP contribution in [0.25, 0.3) is 0 Å². The number of nitrogens with one attached hydrogen (secondary N) is 1. The molecule has 1 aromatic carbocycles. The predicted molar refractivity (Wildman–Crippen MR) is 104 cm³/mol. The molecule has 0 spiro atoms. The van der Waals surface area contributed by atoms with Gasteiger partial charge in [-0.15, -0.1) is 23.1 Å². The maximum Gasteiger partial charge on any atom is 0.306 e. The van der Waals surface area contributed by atoms with Crippen LogP contribution >= 0.6 is 23.1 Å². The molecule has 0 saturated carbocycles. The van der Waals surface area contributed by atoms with Crippen molar-refractivity contribution < 1.29 is 19.1 Å². The van der Waals surface area contributed by atoms with E-state index in [0.29, 0.717) is 11.4 Å². The third kappa shape index (κ3) is 7.84. The Kier molecular flexibility index (Phi) is 8.92. The van der Waals surface area contributed by atoms with Crippen molar-refractivity contribution >= 4 is 40.8 Å². The number of hydrogen-bond donors (Lipinski definition) is 1. The highest BCUT2D eigenvalue weighted by Gasteiger charge is 2.12. The minimum atomic E-state index is -0.537. The molecule has 0 aliphatic heterocycles. The second kappa shape index (κ2) is 11.5. The van der Waals surface area contributed by atoms with Crippen molar-refractivity contribution in [2.45, 2.75) is 24.2 Å². The highest BCUT2D eigenvalue weighted by Crippen LogP contribution is 2.17. The van der Waals surface area contributed by atoms with Gasteiger partial charge in [0.2, 0.25) is 0 Å². The van der Waals surface area contributed by atoms with Gasteiger partial charge in [-0.1, -0.05) is 24.3 Å². The molecule has 0 unspecified atom stereocenters. The van der Waals surface area contributed by atoms with Crippen molar-refractivity contribution in [1.82, 2.24) is 5.32 Å². The van der Waals surface area contributed by atoms with Crippen LogP contribution in [0.1, 0.15) is 28.9 Å². The lowest BCUT2D eigenvalue weighted by Crippen LogP contribution is -2.29. The quantitative estimate of drug-likeness (QED) is 0.274. The second-order valence-corrected chi connectivity index (χ2v) is 7.54. The smallest absolute Gasteiger partial charge is 0.306 e. The Morgan fingerprint density at radius 1 is 1.04 bits per heavy atom. The molecule has 0 aliphatic rings. The molecule has 1 N–H and O–H groups in total. The molecule has 138 valence electrons. The summed E-state index contributed by atoms with van der Waals surface area (Å²) >= 11 is 3.08. The van der Waals surface area contributed by atoms with Crippen LogP contribution in [0, 0.1) is 0 Å². The van der Waals surface area contributed by atoms with E-state index in [2.05, 4.69) is 5.32 Å². The summed E-state index contributed by atoms with van der Waals surface area (Å²) in [6, 6.07) is 13.6. The van der Waals surface area contributed by atoms with Gasteiger partial charge < -0.3 is 10.1 Å². The van der Waals surface area contributed by atoms with Gasteiger partial charge in [-0.05, 0) is 35.8 Å². The summed E-state index contributed by atoms with van der Waals surface area (Å²) in [6.07, 6.45) is 0.907. The first-order chi connectivity index (χ1) is 12.6. The lowest BCUT2D eigenvalue weighted by atomic mass is 10.2. The highest BCUT2D eigenvalue weighted by atomic mass is 32.2. The van der Waals surface area contributed by atoms with Crippen LogP contribution < -0.4 is 5.32 Å². The number of carbonyl (C=O) groups excluding carboxylic acids is 3. The lowest BCUT2D eigenvalue weighted by molar-refractivity contribution is -0.148. The molecule has 1 amide bonds. The summed E-state index contributed by atoms with van der Waals surface area (Å²) in [4.78, 5) is 36.8. The lowest BCUT2D eigenvalue weighted by Gasteiger charge is -2.06. The molecule has 7 heteroatoms. The first kappa shape index (κ1) is 20.2. The SMILES string of the molecule is O=C(COC(=O)CCC(=O)c1cccs1)NCCCSc1ccccc1. The molecular weight excluding hydrogens is 370 g/mol. The first-order valence-corrected chi connectivity index (χ1v) is 10.2. The summed E-state index contributed by atoms with van der Waals surface area (Å²) in [5.74, 6) is -0.0517. The van der Waals surface area contributed by atoms with Crippen molar-refractivity contribution in [3.63, 3.8) is 0 Å². The molecule has 0 radical (unpaired) electrons. The fourth-order valence-corrected chi connectivity index (χ4v) is 3.62. The van der Waals surface area contributed by atoms with Crippen LogP contribution in [0.5, 0.6) is 0 Å². The van der Waals surface area contributed by atoms with Gasteiger partial charge in [-0.25, -0.2) is 0 Å². The van der Waals surface area contributed by atoms with Crippen molar-refractivity contribution in [2.24, 2.45) is 0 Å². The summed E-state index contributed by atoms with van der Waals surface area (Å²) in [5, 5.41) is 4.53. The maximum atomic E-state index is 11.8. The Hall–Kier alpha value is -2.12. The van der Waals surface area contributed by atoms with Crippen molar-refractivity contribution in [3.8, 4) is 0 Å². The number of hydrogen-bond acceptors (Lipinski definition) is 6. The van der Waals surface area contributed by atoms with E-state index in [9.17, 15) is 14.4 Å². The van der Waals surface area contributed by atoms with Crippen LogP contribution in [0.15, 0.2) is 52.7 Å². The van der Waals surface area contributed by atoms with Crippen LogP contribution in [0.4, 0.5) is 0 Å². The predicted octanol–water partition coefficient (Wildman–Crippen LogP) is 3.55. The second-order valence-electron chi connectivity index (χ2n) is 5.43. The average Bonchev–Trinajstić information content (AvgIpc) is 3.20. The molecule has 5 nitrogen and oxygen atoms in total. The minimum Gasteiger partial charge on any atom is -0.456 e. The highest BCUT2D eigenvalue weighted by molar-refractivity contribution is 7.99. The van der Waals surface area contributed by atoms with Gasteiger partial charge in [0, 0.05) is 17.9 Å². The summed E-state index contributed by atoms with van der Waals surface area (Å²) in [5.41, 5.74) is 0. The normalized spacial score (nSPS) is 10.3. The van der Waals surface area contributed by atoms with Gasteiger partial charge >= 0.3 is 5.97 Å². The van der Waals surface area contributed by atoms with Crippen LogP contribution in [0.3, 0.4) is 0 Å². The van der Waals surface area contributed by atoms with Crippen LogP contribution in [-0.2, 0) is 14.3 Å². The van der Waals surface area contributed by atoms with Gasteiger partial charge in [0.05, 0.1) is 11.3 Å². The average molecular weight is 392 g/mol. The van der Waals surface area contributed by atoms with E-state index in [4.69, 9.17) is 4.74 Å². The van der Waals surface area contributed by atoms with E-state index < -0.39 is 5.97 Å². The zero-order valence-corrected chi connectivity index (χ0v) is 15.9. The van der Waals surface area contributed by atoms with Gasteiger partial charge in [0.1, 0.15) is 0 Å². The van der Waals surface area contributed by atoms with E-state index in [1.54, 1.807) is 23.9 Å². The summed E-state index contributed by atoms with van der Waals surface area (Å²) < 4.78 is 4.89. The van der Waals surface area contributed by atoms with E-state index in [1.807, 2.05) is 35.7 Å². The first-order valence-electron chi connectivity index (χ1n) is 8.32. The van der Waals surface area contributed by atoms with Crippen molar-refractivity contribution in [1.29, 1.82) is 0 Å². The zero-order chi connectivity index (χ0) is 18.6. The molecule has 1 heterocycles. The number of thiophene rings is 1. The molecule has 26 heavy (non-hydrogen) atoms. The molecule has 0 atom stereocenters. The summed E-state index contributed by atoms with van der Waals surface area (Å²) in [7, 11) is 0. The molecule has 2 rings (SSSR count). The third-order valence-corrected chi connectivity index (χ3v) is 5.38. The number of carbonyl (C=O) groups is 3. The van der Waals surface area contributed by atoms with Crippen molar-refractivity contribution in [2.75, 3.05) is 18.9 Å². The Morgan fingerprint density at radius 3 is 2.58 bits per heavy atom. The Bertz CT molecular complexity index is 702. The number of thioether (sulfide) groups is 1. The topological polar surface area (TPSA) is 72.5 Å². The van der Waals surface area contributed by atoms with E-state index in [1.165, 1.54) is 16.2 Å². The molecule has 0 bridgehead atoms. The molecule has 0 fully saturated rings. The molecule has 2 aromatic rings. The number of amides is 1. The Balaban J connectivity index is 1.50. The zero-order valence-electron chi connectivity index (χ0n) is 14.3. The largest absolute Gasteiger partial charge is 0.456 e. The van der Waals surface area contributed by atoms with Crippen LogP contribution in [0.2, 0.25) is 0 Å². The van der Waals surface area contributed by atoms with Crippen molar-refractivity contribution in [3.05, 3.63) is 52.7 Å². The fraction of sp³-hybridized carbons (Fsp3) is 0.316. The van der Waals surface area contributed by atoms with Gasteiger partial charge in [0.25, 0.3) is 5.91 Å². The van der Waals surface area contributed by atoms with Crippen LogP contribution in [-0.4, -0.2) is 36.6 Å². The standard InChI is InChI=1S/C19H21NO4S2/c21-16(17-8-4-12-26-17)9-10-19(23)24-14-18(22)20-11-5-13-25-15-6-2-1-3-7-15/h1-4,6-8,12H,5,9-11,13-14H2,(H,20,22). The molecule has 1 aromatic heterocycles. The maximum absolute atomic E-state index is 11.8. The summed E-state index contributed by atoms with van der Waals surface area (Å²) in [6.45, 7) is 0.227. The molecular formula is C19H21NO4S2. The number of ketones is 1. The van der Waals surface area contributed by atoms with Gasteiger partial charge in [-0.2, -0.15) is 0 Å². The van der Waals surface area contributed by atoms with E-state index in [0.717, 1.165) is 12.2 Å². The number of Topliss-reactive ketones (excluding diaryl/α,β-unsaturated/α-hetero) is 1. The number of rotatable bonds is 11. The third-order valence-electron chi connectivity index (χ3n) is 3.37. The Labute approximate surface area is 161 Å². The molecule has 0 aliphatic carbocycles.